The molecule has 7 heteroatoms. The monoisotopic (exact) mass is 457 g/mol. The highest BCUT2D eigenvalue weighted by Crippen LogP contribution is 2.51. The maximum absolute atomic E-state index is 13.5. The minimum atomic E-state index is -0.792. The van der Waals surface area contributed by atoms with E-state index in [1.165, 1.54) is 0 Å². The smallest absolute Gasteiger partial charge is 0.315 e. The van der Waals surface area contributed by atoms with Crippen LogP contribution in [0.4, 0.5) is 0 Å². The van der Waals surface area contributed by atoms with Crippen LogP contribution in [0, 0.1) is 17.3 Å². The van der Waals surface area contributed by atoms with Gasteiger partial charge in [-0.05, 0) is 23.8 Å². The van der Waals surface area contributed by atoms with Gasteiger partial charge in [-0.25, -0.2) is 0 Å². The number of ketones is 1. The second-order valence-electron chi connectivity index (χ2n) is 9.91. The molecule has 0 saturated carbocycles. The Balaban J connectivity index is 2.24. The normalized spacial score (nSPS) is 21.9. The Morgan fingerprint density at radius 3 is 2.27 bits per heavy atom. The van der Waals surface area contributed by atoms with Crippen molar-refractivity contribution in [3.05, 3.63) is 41.2 Å². The standard InChI is InChI=1S/C26H35NO6/c1-14(2)13-33-25(29)22-15(3)27-17-11-26(4,5)12-18(28)24(17)23(22)16-9-20(31-7)21(32-8)10-19(16)30-6/h9-10,14,22-23,27H,3,11-13H2,1-2,4-8H3. The Hall–Kier alpha value is -2.96. The van der Waals surface area contributed by atoms with Gasteiger partial charge in [0.05, 0.1) is 27.9 Å². The maximum atomic E-state index is 13.5. The second-order valence-corrected chi connectivity index (χ2v) is 9.91. The van der Waals surface area contributed by atoms with Crippen molar-refractivity contribution in [2.45, 2.75) is 46.5 Å². The average Bonchev–Trinajstić information content (AvgIpc) is 2.74. The molecule has 1 heterocycles. The number of ether oxygens (including phenoxy) is 4. The van der Waals surface area contributed by atoms with Gasteiger partial charge in [-0.15, -0.1) is 0 Å². The number of esters is 1. The van der Waals surface area contributed by atoms with E-state index in [2.05, 4.69) is 25.7 Å². The lowest BCUT2D eigenvalue weighted by atomic mass is 9.66. The molecule has 0 radical (unpaired) electrons. The molecule has 0 spiro atoms. The largest absolute Gasteiger partial charge is 0.496 e. The predicted molar refractivity (Wildman–Crippen MR) is 125 cm³/mol. The number of nitrogens with one attached hydrogen (secondary N) is 1. The van der Waals surface area contributed by atoms with Crippen molar-refractivity contribution < 1.29 is 28.5 Å². The summed E-state index contributed by atoms with van der Waals surface area (Å²) in [6.07, 6.45) is 1.06. The van der Waals surface area contributed by atoms with Gasteiger partial charge in [-0.2, -0.15) is 0 Å². The van der Waals surface area contributed by atoms with Gasteiger partial charge in [0, 0.05) is 40.9 Å². The van der Waals surface area contributed by atoms with Crippen LogP contribution >= 0.6 is 0 Å². The third kappa shape index (κ3) is 4.87. The molecule has 0 fully saturated rings. The van der Waals surface area contributed by atoms with E-state index < -0.39 is 17.8 Å². The van der Waals surface area contributed by atoms with Crippen molar-refractivity contribution in [1.29, 1.82) is 0 Å². The summed E-state index contributed by atoms with van der Waals surface area (Å²) in [7, 11) is 4.64. The number of hydrogen-bond donors (Lipinski definition) is 1. The lowest BCUT2D eigenvalue weighted by Gasteiger charge is -2.42. The van der Waals surface area contributed by atoms with Gasteiger partial charge in [0.2, 0.25) is 0 Å². The molecule has 2 unspecified atom stereocenters. The summed E-state index contributed by atoms with van der Waals surface area (Å²) >= 11 is 0. The van der Waals surface area contributed by atoms with Crippen LogP contribution < -0.4 is 19.5 Å². The number of carbonyl (C=O) groups excluding carboxylic acids is 2. The Labute approximate surface area is 196 Å². The highest BCUT2D eigenvalue weighted by molar-refractivity contribution is 6.01. The van der Waals surface area contributed by atoms with Crippen LogP contribution in [0.5, 0.6) is 17.2 Å². The Morgan fingerprint density at radius 1 is 1.09 bits per heavy atom. The minimum absolute atomic E-state index is 0.00440. The number of allylic oxidation sites excluding steroid dienone is 2. The zero-order valence-corrected chi connectivity index (χ0v) is 20.7. The van der Waals surface area contributed by atoms with Crippen LogP contribution in [0.2, 0.25) is 0 Å². The van der Waals surface area contributed by atoms with Crippen molar-refractivity contribution in [2.75, 3.05) is 27.9 Å². The third-order valence-electron chi connectivity index (χ3n) is 6.13. The molecule has 0 bridgehead atoms. The van der Waals surface area contributed by atoms with Crippen LogP contribution in [0.3, 0.4) is 0 Å². The number of hydrogen-bond acceptors (Lipinski definition) is 7. The summed E-state index contributed by atoms with van der Waals surface area (Å²) in [6.45, 7) is 12.5. The van der Waals surface area contributed by atoms with Crippen LogP contribution in [0.1, 0.15) is 52.0 Å². The number of rotatable bonds is 7. The first kappa shape index (κ1) is 24.7. The number of methoxy groups -OCH3 is 3. The lowest BCUT2D eigenvalue weighted by Crippen LogP contribution is -2.44. The zero-order chi connectivity index (χ0) is 24.5. The molecule has 0 saturated heterocycles. The number of carbonyl (C=O) groups is 2. The fourth-order valence-corrected chi connectivity index (χ4v) is 4.69. The molecule has 0 amide bonds. The van der Waals surface area contributed by atoms with Crippen LogP contribution in [-0.2, 0) is 14.3 Å². The van der Waals surface area contributed by atoms with Crippen molar-refractivity contribution in [3.63, 3.8) is 0 Å². The van der Waals surface area contributed by atoms with E-state index in [0.29, 0.717) is 46.9 Å². The summed E-state index contributed by atoms with van der Waals surface area (Å²) in [5.41, 5.74) is 2.36. The fraction of sp³-hybridized carbons (Fsp3) is 0.538. The first-order valence-electron chi connectivity index (χ1n) is 11.2. The molecule has 7 nitrogen and oxygen atoms in total. The minimum Gasteiger partial charge on any atom is -0.496 e. The lowest BCUT2D eigenvalue weighted by molar-refractivity contribution is -0.149. The van der Waals surface area contributed by atoms with E-state index in [1.807, 2.05) is 13.8 Å². The Morgan fingerprint density at radius 2 is 1.70 bits per heavy atom. The number of Topliss-reactive ketones (excluding diaryl/α,β-unsaturated/α-hetero) is 1. The molecule has 180 valence electrons. The highest BCUT2D eigenvalue weighted by Gasteiger charge is 2.47. The van der Waals surface area contributed by atoms with E-state index in [-0.39, 0.29) is 23.7 Å². The van der Waals surface area contributed by atoms with Crippen molar-refractivity contribution in [2.24, 2.45) is 17.3 Å². The summed E-state index contributed by atoms with van der Waals surface area (Å²) in [4.78, 5) is 26.8. The molecule has 1 aromatic rings. The van der Waals surface area contributed by atoms with Gasteiger partial charge in [0.15, 0.2) is 17.3 Å². The highest BCUT2D eigenvalue weighted by atomic mass is 16.5. The SMILES string of the molecule is C=C1NC2=C(C(=O)CC(C)(C)C2)C(c2cc(OC)c(OC)cc2OC)C1C(=O)OCC(C)C. The van der Waals surface area contributed by atoms with Gasteiger partial charge in [-0.3, -0.25) is 9.59 Å². The molecular weight excluding hydrogens is 422 g/mol. The maximum Gasteiger partial charge on any atom is 0.315 e. The molecule has 33 heavy (non-hydrogen) atoms. The Bertz CT molecular complexity index is 991. The molecular formula is C26H35NO6. The fourth-order valence-electron chi connectivity index (χ4n) is 4.69. The summed E-state index contributed by atoms with van der Waals surface area (Å²) < 4.78 is 22.3. The van der Waals surface area contributed by atoms with Gasteiger partial charge in [0.1, 0.15) is 11.7 Å². The second kappa shape index (κ2) is 9.49. The van der Waals surface area contributed by atoms with Crippen LogP contribution in [0.15, 0.2) is 35.7 Å². The number of benzene rings is 1. The molecule has 1 N–H and O–H groups in total. The van der Waals surface area contributed by atoms with Crippen molar-refractivity contribution >= 4 is 11.8 Å². The summed E-state index contributed by atoms with van der Waals surface area (Å²) in [5, 5.41) is 3.28. The van der Waals surface area contributed by atoms with Gasteiger partial charge < -0.3 is 24.3 Å². The molecule has 2 atom stereocenters. The van der Waals surface area contributed by atoms with E-state index in [4.69, 9.17) is 18.9 Å². The summed E-state index contributed by atoms with van der Waals surface area (Å²) in [5.74, 6) is -0.172. The molecule has 1 aliphatic carbocycles. The van der Waals surface area contributed by atoms with E-state index >= 15 is 0 Å². The molecule has 0 aromatic heterocycles. The van der Waals surface area contributed by atoms with Gasteiger partial charge >= 0.3 is 5.97 Å². The Kier molecular flexibility index (Phi) is 7.10. The van der Waals surface area contributed by atoms with Crippen molar-refractivity contribution in [1.82, 2.24) is 5.32 Å². The van der Waals surface area contributed by atoms with E-state index in [1.54, 1.807) is 33.5 Å². The zero-order valence-electron chi connectivity index (χ0n) is 20.7. The first-order chi connectivity index (χ1) is 15.5. The van der Waals surface area contributed by atoms with Crippen LogP contribution in [-0.4, -0.2) is 39.7 Å². The average molecular weight is 458 g/mol. The van der Waals surface area contributed by atoms with E-state index in [0.717, 1.165) is 5.70 Å². The van der Waals surface area contributed by atoms with Gasteiger partial charge in [0.25, 0.3) is 0 Å². The molecule has 1 aromatic carbocycles. The van der Waals surface area contributed by atoms with Crippen LogP contribution in [0.25, 0.3) is 0 Å². The molecule has 3 rings (SSSR count). The van der Waals surface area contributed by atoms with Gasteiger partial charge in [-0.1, -0.05) is 34.3 Å². The quantitative estimate of drug-likeness (QED) is 0.609. The third-order valence-corrected chi connectivity index (χ3v) is 6.13. The van der Waals surface area contributed by atoms with Crippen molar-refractivity contribution in [3.8, 4) is 17.2 Å². The predicted octanol–water partition coefficient (Wildman–Crippen LogP) is 4.37. The van der Waals surface area contributed by atoms with E-state index in [9.17, 15) is 9.59 Å². The topological polar surface area (TPSA) is 83.1 Å². The summed E-state index contributed by atoms with van der Waals surface area (Å²) in [6, 6.07) is 3.49. The first-order valence-corrected chi connectivity index (χ1v) is 11.2. The molecule has 2 aliphatic rings. The molecule has 1 aliphatic heterocycles.